The first-order valence-electron chi connectivity index (χ1n) is 10.7. The van der Waals surface area contributed by atoms with Crippen molar-refractivity contribution in [3.05, 3.63) is 35.9 Å². The van der Waals surface area contributed by atoms with E-state index in [1.807, 2.05) is 7.05 Å². The molecule has 0 aromatic heterocycles. The molecular formula is C23H34N4O. The molecule has 0 radical (unpaired) electrons. The molecule has 1 saturated heterocycles. The Morgan fingerprint density at radius 2 is 1.79 bits per heavy atom. The van der Waals surface area contributed by atoms with Gasteiger partial charge in [-0.3, -0.25) is 4.90 Å². The maximum Gasteiger partial charge on any atom is 0.318 e. The zero-order chi connectivity index (χ0) is 19.8. The number of amides is 2. The number of nitrogens with one attached hydrogen (secondary N) is 1. The minimum atomic E-state index is -0.0461. The second kappa shape index (κ2) is 7.18. The SMILES string of the molecule is CN=CC1(CN2C(=O)NC[C@]23CC[C@](c2ccccc2)(N(C)C)CC3)CCC1. The normalized spacial score (nSPS) is 32.1. The van der Waals surface area contributed by atoms with E-state index in [-0.39, 0.29) is 22.5 Å². The molecule has 28 heavy (non-hydrogen) atoms. The lowest BCUT2D eigenvalue weighted by atomic mass is 9.66. The van der Waals surface area contributed by atoms with Gasteiger partial charge in [0.15, 0.2) is 0 Å². The first kappa shape index (κ1) is 19.4. The fourth-order valence-corrected chi connectivity index (χ4v) is 5.75. The average Bonchev–Trinajstić information content (AvgIpc) is 2.97. The van der Waals surface area contributed by atoms with Crippen LogP contribution in [0.1, 0.15) is 50.5 Å². The van der Waals surface area contributed by atoms with Crippen molar-refractivity contribution in [2.24, 2.45) is 10.4 Å². The Bertz CT molecular complexity index is 730. The van der Waals surface area contributed by atoms with E-state index in [0.29, 0.717) is 0 Å². The minimum absolute atomic E-state index is 0.0461. The van der Waals surface area contributed by atoms with Crippen LogP contribution in [0.25, 0.3) is 0 Å². The predicted octanol–water partition coefficient (Wildman–Crippen LogP) is 3.65. The number of carbonyl (C=O) groups excluding carboxylic acids is 1. The summed E-state index contributed by atoms with van der Waals surface area (Å²) >= 11 is 0. The van der Waals surface area contributed by atoms with Crippen molar-refractivity contribution in [1.29, 1.82) is 0 Å². The second-order valence-corrected chi connectivity index (χ2v) is 9.36. The molecular weight excluding hydrogens is 348 g/mol. The number of carbonyl (C=O) groups is 1. The Balaban J connectivity index is 1.57. The third-order valence-corrected chi connectivity index (χ3v) is 7.79. The Morgan fingerprint density at radius 3 is 2.32 bits per heavy atom. The summed E-state index contributed by atoms with van der Waals surface area (Å²) in [5, 5.41) is 3.17. The number of aliphatic imine (C=N–C) groups is 1. The zero-order valence-corrected chi connectivity index (χ0v) is 17.6. The van der Waals surface area contributed by atoms with Crippen LogP contribution >= 0.6 is 0 Å². The van der Waals surface area contributed by atoms with Crippen LogP contribution in [-0.2, 0) is 5.54 Å². The van der Waals surface area contributed by atoms with E-state index in [0.717, 1.165) is 51.6 Å². The molecule has 1 aromatic carbocycles. The molecule has 5 heteroatoms. The van der Waals surface area contributed by atoms with Gasteiger partial charge in [-0.2, -0.15) is 0 Å². The number of rotatable bonds is 5. The van der Waals surface area contributed by atoms with Crippen molar-refractivity contribution >= 4 is 12.2 Å². The van der Waals surface area contributed by atoms with Crippen LogP contribution < -0.4 is 5.32 Å². The highest BCUT2D eigenvalue weighted by Crippen LogP contribution is 2.49. The fraction of sp³-hybridized carbons (Fsp3) is 0.652. The van der Waals surface area contributed by atoms with Crippen molar-refractivity contribution in [3.63, 3.8) is 0 Å². The third-order valence-electron chi connectivity index (χ3n) is 7.79. The van der Waals surface area contributed by atoms with Crippen LogP contribution in [0.3, 0.4) is 0 Å². The van der Waals surface area contributed by atoms with E-state index in [9.17, 15) is 4.79 Å². The predicted molar refractivity (Wildman–Crippen MR) is 114 cm³/mol. The lowest BCUT2D eigenvalue weighted by Gasteiger charge is -2.53. The lowest BCUT2D eigenvalue weighted by molar-refractivity contribution is 0.0108. The molecule has 3 fully saturated rings. The summed E-state index contributed by atoms with van der Waals surface area (Å²) in [6, 6.07) is 11.0. The van der Waals surface area contributed by atoms with Gasteiger partial charge in [-0.05, 0) is 58.2 Å². The molecule has 3 aliphatic rings. The average molecular weight is 383 g/mol. The second-order valence-electron chi connectivity index (χ2n) is 9.36. The maximum absolute atomic E-state index is 12.8. The molecule has 1 aliphatic heterocycles. The van der Waals surface area contributed by atoms with Crippen LogP contribution in [-0.4, -0.2) is 61.8 Å². The maximum atomic E-state index is 12.8. The molecule has 1 spiro atoms. The summed E-state index contributed by atoms with van der Waals surface area (Å²) in [4.78, 5) is 21.7. The lowest BCUT2D eigenvalue weighted by Crippen LogP contribution is -2.58. The Morgan fingerprint density at radius 1 is 1.11 bits per heavy atom. The number of hydrogen-bond acceptors (Lipinski definition) is 3. The summed E-state index contributed by atoms with van der Waals surface area (Å²) in [7, 11) is 6.25. The van der Waals surface area contributed by atoms with Crippen LogP contribution in [0.4, 0.5) is 4.79 Å². The molecule has 1 N–H and O–H groups in total. The van der Waals surface area contributed by atoms with E-state index in [1.165, 1.54) is 12.0 Å². The Hall–Kier alpha value is -1.88. The van der Waals surface area contributed by atoms with E-state index < -0.39 is 0 Å². The van der Waals surface area contributed by atoms with Gasteiger partial charge >= 0.3 is 6.03 Å². The summed E-state index contributed by atoms with van der Waals surface area (Å²) < 4.78 is 0. The van der Waals surface area contributed by atoms with Crippen LogP contribution in [0.5, 0.6) is 0 Å². The van der Waals surface area contributed by atoms with E-state index >= 15 is 0 Å². The number of urea groups is 1. The molecule has 2 amide bonds. The minimum Gasteiger partial charge on any atom is -0.336 e. The van der Waals surface area contributed by atoms with Gasteiger partial charge in [0.2, 0.25) is 0 Å². The standard InChI is InChI=1S/C23H34N4O/c1-24-16-21(10-7-11-21)18-27-20(28)25-17-22(27)12-14-23(15-13-22,26(2)3)19-8-5-4-6-9-19/h4-6,8-9,16H,7,10-15,17-18H2,1-3H3,(H,25,28)/t22-,23+. The topological polar surface area (TPSA) is 47.9 Å². The smallest absolute Gasteiger partial charge is 0.318 e. The van der Waals surface area contributed by atoms with Gasteiger partial charge in [0.1, 0.15) is 0 Å². The summed E-state index contributed by atoms with van der Waals surface area (Å²) in [5.74, 6) is 0. The highest BCUT2D eigenvalue weighted by molar-refractivity contribution is 5.79. The highest BCUT2D eigenvalue weighted by Gasteiger charge is 2.54. The van der Waals surface area contributed by atoms with Crippen molar-refractivity contribution < 1.29 is 4.79 Å². The molecule has 1 aromatic rings. The Labute approximate surface area is 169 Å². The zero-order valence-electron chi connectivity index (χ0n) is 17.6. The number of nitrogens with zero attached hydrogens (tertiary/aromatic N) is 3. The highest BCUT2D eigenvalue weighted by atomic mass is 16.2. The molecule has 152 valence electrons. The number of hydrogen-bond donors (Lipinski definition) is 1. The molecule has 2 aliphatic carbocycles. The quantitative estimate of drug-likeness (QED) is 0.790. The molecule has 2 saturated carbocycles. The first-order chi connectivity index (χ1) is 13.5. The molecule has 4 rings (SSSR count). The van der Waals surface area contributed by atoms with Crippen molar-refractivity contribution in [2.75, 3.05) is 34.2 Å². The van der Waals surface area contributed by atoms with Gasteiger partial charge in [0.25, 0.3) is 0 Å². The number of benzene rings is 1. The molecule has 0 atom stereocenters. The molecule has 5 nitrogen and oxygen atoms in total. The van der Waals surface area contributed by atoms with Crippen molar-refractivity contribution in [1.82, 2.24) is 15.1 Å². The van der Waals surface area contributed by atoms with Gasteiger partial charge in [-0.15, -0.1) is 0 Å². The van der Waals surface area contributed by atoms with Crippen LogP contribution in [0.15, 0.2) is 35.3 Å². The van der Waals surface area contributed by atoms with Gasteiger partial charge < -0.3 is 15.2 Å². The molecule has 0 unspecified atom stereocenters. The van der Waals surface area contributed by atoms with Crippen LogP contribution in [0, 0.1) is 5.41 Å². The van der Waals surface area contributed by atoms with Gasteiger partial charge in [0, 0.05) is 37.3 Å². The van der Waals surface area contributed by atoms with Gasteiger partial charge in [-0.1, -0.05) is 36.8 Å². The molecule has 1 heterocycles. The summed E-state index contributed by atoms with van der Waals surface area (Å²) in [6.45, 7) is 1.60. The van der Waals surface area contributed by atoms with Gasteiger partial charge in [-0.25, -0.2) is 4.79 Å². The summed E-state index contributed by atoms with van der Waals surface area (Å²) in [6.07, 6.45) is 9.87. The largest absolute Gasteiger partial charge is 0.336 e. The van der Waals surface area contributed by atoms with Crippen molar-refractivity contribution in [3.8, 4) is 0 Å². The van der Waals surface area contributed by atoms with Gasteiger partial charge in [0.05, 0.1) is 5.54 Å². The molecule has 0 bridgehead atoms. The third kappa shape index (κ3) is 3.04. The Kier molecular flexibility index (Phi) is 4.98. The monoisotopic (exact) mass is 382 g/mol. The van der Waals surface area contributed by atoms with E-state index in [4.69, 9.17) is 0 Å². The summed E-state index contributed by atoms with van der Waals surface area (Å²) in [5.41, 5.74) is 1.50. The van der Waals surface area contributed by atoms with Crippen LogP contribution in [0.2, 0.25) is 0 Å². The van der Waals surface area contributed by atoms with E-state index in [1.54, 1.807) is 0 Å². The fourth-order valence-electron chi connectivity index (χ4n) is 5.75. The first-order valence-corrected chi connectivity index (χ1v) is 10.7. The van der Waals surface area contributed by atoms with E-state index in [2.05, 4.69) is 70.8 Å². The van der Waals surface area contributed by atoms with Crippen molar-refractivity contribution in [2.45, 2.75) is 56.0 Å².